The maximum absolute atomic E-state index is 4.72. The Bertz CT molecular complexity index is 706. The predicted molar refractivity (Wildman–Crippen MR) is 99.3 cm³/mol. The van der Waals surface area contributed by atoms with E-state index >= 15 is 0 Å². The van der Waals surface area contributed by atoms with E-state index in [0.29, 0.717) is 12.0 Å². The molecule has 0 bridgehead atoms. The molecule has 2 aromatic rings. The number of fused-ring (bicyclic) bond motifs is 1. The van der Waals surface area contributed by atoms with Crippen LogP contribution in [0, 0.1) is 12.3 Å². The summed E-state index contributed by atoms with van der Waals surface area (Å²) in [4.78, 5) is 9.38. The third kappa shape index (κ3) is 3.55. The summed E-state index contributed by atoms with van der Waals surface area (Å²) in [6.45, 7) is 8.97. The van der Waals surface area contributed by atoms with Crippen LogP contribution in [0.4, 0.5) is 0 Å². The number of aromatic nitrogens is 2. The highest BCUT2D eigenvalue weighted by molar-refractivity contribution is 5.79. The fourth-order valence-corrected chi connectivity index (χ4v) is 3.38. The fraction of sp³-hybridized carbons (Fsp3) is 0.579. The minimum Gasteiger partial charge on any atom is -0.357 e. The highest BCUT2D eigenvalue weighted by atomic mass is 15.2. The lowest BCUT2D eigenvalue weighted by atomic mass is 9.67. The lowest BCUT2D eigenvalue weighted by Crippen LogP contribution is -2.46. The molecule has 24 heavy (non-hydrogen) atoms. The number of hydrogen-bond acceptors (Lipinski definition) is 2. The molecule has 0 saturated heterocycles. The molecule has 1 fully saturated rings. The molecule has 0 atom stereocenters. The molecule has 0 aliphatic heterocycles. The van der Waals surface area contributed by atoms with Crippen molar-refractivity contribution in [3.63, 3.8) is 0 Å². The van der Waals surface area contributed by atoms with Crippen molar-refractivity contribution in [3.8, 4) is 0 Å². The molecule has 1 aliphatic rings. The van der Waals surface area contributed by atoms with E-state index < -0.39 is 0 Å². The van der Waals surface area contributed by atoms with Gasteiger partial charge in [-0.2, -0.15) is 0 Å². The van der Waals surface area contributed by atoms with Crippen LogP contribution in [-0.4, -0.2) is 28.4 Å². The summed E-state index contributed by atoms with van der Waals surface area (Å²) >= 11 is 0. The van der Waals surface area contributed by atoms with Crippen molar-refractivity contribution in [2.45, 2.75) is 53.0 Å². The zero-order valence-electron chi connectivity index (χ0n) is 15.1. The summed E-state index contributed by atoms with van der Waals surface area (Å²) < 4.78 is 2.12. The Morgan fingerprint density at radius 2 is 2.12 bits per heavy atom. The lowest BCUT2D eigenvalue weighted by Gasteiger charge is -2.41. The summed E-state index contributed by atoms with van der Waals surface area (Å²) in [6.07, 6.45) is 7.36. The summed E-state index contributed by atoms with van der Waals surface area (Å²) in [5.41, 5.74) is 3.65. The molecule has 1 saturated carbocycles. The van der Waals surface area contributed by atoms with E-state index in [9.17, 15) is 0 Å². The minimum absolute atomic E-state index is 0.483. The number of nitrogens with zero attached hydrogens (tertiary/aromatic N) is 3. The molecule has 0 unspecified atom stereocenters. The molecule has 2 heterocycles. The van der Waals surface area contributed by atoms with Crippen LogP contribution in [-0.2, 0) is 6.54 Å². The molecule has 3 rings (SSSR count). The molecule has 5 nitrogen and oxygen atoms in total. The number of rotatable bonds is 6. The van der Waals surface area contributed by atoms with Gasteiger partial charge >= 0.3 is 0 Å². The zero-order valence-corrected chi connectivity index (χ0v) is 15.1. The lowest BCUT2D eigenvalue weighted by molar-refractivity contribution is 0.131. The standard InChI is InChI=1S/C19H29N5/c1-4-19(10-7-11-19)14-22-18(20-5-2)21-12-16-13-24-15(3)8-6-9-17(24)23-16/h6,8-9,13H,4-5,7,10-12,14H2,1-3H3,(H2,20,21,22). The summed E-state index contributed by atoms with van der Waals surface area (Å²) in [5, 5.41) is 6.88. The van der Waals surface area contributed by atoms with Gasteiger partial charge in [-0.3, -0.25) is 0 Å². The average Bonchev–Trinajstić information content (AvgIpc) is 2.96. The quantitative estimate of drug-likeness (QED) is 0.632. The van der Waals surface area contributed by atoms with Gasteiger partial charge in [-0.1, -0.05) is 19.4 Å². The van der Waals surface area contributed by atoms with Gasteiger partial charge in [0.1, 0.15) is 5.65 Å². The minimum atomic E-state index is 0.483. The first kappa shape index (κ1) is 16.8. The van der Waals surface area contributed by atoms with E-state index in [1.165, 1.54) is 31.4 Å². The van der Waals surface area contributed by atoms with E-state index in [-0.39, 0.29) is 0 Å². The van der Waals surface area contributed by atoms with Gasteiger partial charge in [0.05, 0.1) is 12.2 Å². The second-order valence-electron chi connectivity index (χ2n) is 6.88. The molecule has 5 heteroatoms. The Morgan fingerprint density at radius 3 is 2.75 bits per heavy atom. The largest absolute Gasteiger partial charge is 0.357 e. The molecule has 130 valence electrons. The first-order valence-electron chi connectivity index (χ1n) is 9.11. The molecule has 0 amide bonds. The van der Waals surface area contributed by atoms with Crippen LogP contribution in [0.3, 0.4) is 0 Å². The normalized spacial score (nSPS) is 16.9. The Hall–Kier alpha value is -2.04. The van der Waals surface area contributed by atoms with Gasteiger partial charge < -0.3 is 15.0 Å². The van der Waals surface area contributed by atoms with Crippen LogP contribution in [0.5, 0.6) is 0 Å². The van der Waals surface area contributed by atoms with Gasteiger partial charge in [-0.25, -0.2) is 9.98 Å². The Morgan fingerprint density at radius 1 is 1.29 bits per heavy atom. The van der Waals surface area contributed by atoms with Gasteiger partial charge in [-0.15, -0.1) is 0 Å². The van der Waals surface area contributed by atoms with Crippen molar-refractivity contribution in [2.75, 3.05) is 13.1 Å². The Labute approximate surface area is 144 Å². The highest BCUT2D eigenvalue weighted by Gasteiger charge is 2.34. The van der Waals surface area contributed by atoms with Gasteiger partial charge in [0.25, 0.3) is 0 Å². The van der Waals surface area contributed by atoms with Crippen molar-refractivity contribution in [1.29, 1.82) is 0 Å². The summed E-state index contributed by atoms with van der Waals surface area (Å²) in [6, 6.07) is 6.17. The summed E-state index contributed by atoms with van der Waals surface area (Å²) in [7, 11) is 0. The number of hydrogen-bond donors (Lipinski definition) is 2. The molecular weight excluding hydrogens is 298 g/mol. The molecule has 0 radical (unpaired) electrons. The Kier molecular flexibility index (Phi) is 5.07. The number of guanidine groups is 1. The van der Waals surface area contributed by atoms with Gasteiger partial charge in [0, 0.05) is 25.0 Å². The van der Waals surface area contributed by atoms with Crippen LogP contribution >= 0.6 is 0 Å². The van der Waals surface area contributed by atoms with Gasteiger partial charge in [-0.05, 0) is 50.7 Å². The maximum Gasteiger partial charge on any atom is 0.191 e. The van der Waals surface area contributed by atoms with E-state index in [4.69, 9.17) is 4.99 Å². The van der Waals surface area contributed by atoms with E-state index in [2.05, 4.69) is 53.1 Å². The number of aryl methyl sites for hydroxylation is 1. The molecule has 0 spiro atoms. The second-order valence-corrected chi connectivity index (χ2v) is 6.88. The smallest absolute Gasteiger partial charge is 0.191 e. The molecule has 0 aromatic carbocycles. The monoisotopic (exact) mass is 327 g/mol. The molecule has 2 aromatic heterocycles. The van der Waals surface area contributed by atoms with Crippen molar-refractivity contribution >= 4 is 11.6 Å². The zero-order chi connectivity index (χ0) is 17.0. The number of nitrogens with one attached hydrogen (secondary N) is 2. The fourth-order valence-electron chi connectivity index (χ4n) is 3.38. The third-order valence-corrected chi connectivity index (χ3v) is 5.28. The third-order valence-electron chi connectivity index (χ3n) is 5.28. The topological polar surface area (TPSA) is 53.7 Å². The van der Waals surface area contributed by atoms with Crippen LogP contribution < -0.4 is 10.6 Å². The maximum atomic E-state index is 4.72. The Balaban J connectivity index is 1.67. The second kappa shape index (κ2) is 7.24. The van der Waals surface area contributed by atoms with Crippen molar-refractivity contribution < 1.29 is 0 Å². The van der Waals surface area contributed by atoms with Crippen molar-refractivity contribution in [3.05, 3.63) is 35.8 Å². The molecule has 1 aliphatic carbocycles. The van der Waals surface area contributed by atoms with E-state index in [1.807, 2.05) is 12.1 Å². The number of imidazole rings is 1. The first-order chi connectivity index (χ1) is 11.7. The van der Waals surface area contributed by atoms with Gasteiger partial charge in [0.15, 0.2) is 5.96 Å². The van der Waals surface area contributed by atoms with Crippen molar-refractivity contribution in [2.24, 2.45) is 10.4 Å². The van der Waals surface area contributed by atoms with Crippen LogP contribution in [0.15, 0.2) is 29.4 Å². The van der Waals surface area contributed by atoms with E-state index in [1.54, 1.807) is 0 Å². The SMILES string of the molecule is CCNC(=NCc1cn2c(C)cccc2n1)NCC1(CC)CCC1. The number of aliphatic imine (C=N–C) groups is 1. The summed E-state index contributed by atoms with van der Waals surface area (Å²) in [5.74, 6) is 0.894. The van der Waals surface area contributed by atoms with E-state index in [0.717, 1.165) is 30.4 Å². The average molecular weight is 327 g/mol. The highest BCUT2D eigenvalue weighted by Crippen LogP contribution is 2.42. The van der Waals surface area contributed by atoms with Crippen molar-refractivity contribution in [1.82, 2.24) is 20.0 Å². The van der Waals surface area contributed by atoms with Gasteiger partial charge in [0.2, 0.25) is 0 Å². The first-order valence-corrected chi connectivity index (χ1v) is 9.11. The van der Waals surface area contributed by atoms with Crippen LogP contribution in [0.25, 0.3) is 5.65 Å². The predicted octanol–water partition coefficient (Wildman–Crippen LogP) is 3.28. The molecule has 2 N–H and O–H groups in total. The molecular formula is C19H29N5. The number of pyridine rings is 1. The van der Waals surface area contributed by atoms with Crippen LogP contribution in [0.2, 0.25) is 0 Å². The van der Waals surface area contributed by atoms with Crippen LogP contribution in [0.1, 0.15) is 50.9 Å².